The summed E-state index contributed by atoms with van der Waals surface area (Å²) in [6.45, 7) is 0.725. The fourth-order valence-electron chi connectivity index (χ4n) is 2.28. The van der Waals surface area contributed by atoms with E-state index in [1.165, 1.54) is 24.3 Å². The molecule has 24 heavy (non-hydrogen) atoms. The smallest absolute Gasteiger partial charge is 0.345 e. The van der Waals surface area contributed by atoms with Gasteiger partial charge in [-0.25, -0.2) is 4.79 Å². The van der Waals surface area contributed by atoms with Gasteiger partial charge in [0.25, 0.3) is 5.69 Å². The number of para-hydroxylation sites is 1. The molecular formula is C16H12ClNO6. The standard InChI is InChI=1S/C16H12ClNO6/c17-12-7-10(8-14-15(12)23-6-5-22-14)9-24-16(19)11-3-1-2-4-13(11)18(20)21/h1-4,7-8H,5-6,9H2. The highest BCUT2D eigenvalue weighted by molar-refractivity contribution is 6.32. The Morgan fingerprint density at radius 2 is 2.00 bits per heavy atom. The van der Waals surface area contributed by atoms with Crippen molar-refractivity contribution < 1.29 is 23.9 Å². The van der Waals surface area contributed by atoms with Crippen LogP contribution in [0.1, 0.15) is 15.9 Å². The predicted octanol–water partition coefficient (Wildman–Crippen LogP) is 3.38. The van der Waals surface area contributed by atoms with E-state index in [1.54, 1.807) is 12.1 Å². The number of carbonyl (C=O) groups excluding carboxylic acids is 1. The molecule has 0 N–H and O–H groups in total. The average Bonchev–Trinajstić information content (AvgIpc) is 2.59. The van der Waals surface area contributed by atoms with E-state index < -0.39 is 10.9 Å². The van der Waals surface area contributed by atoms with Gasteiger partial charge >= 0.3 is 5.97 Å². The van der Waals surface area contributed by atoms with Crippen LogP contribution in [0.25, 0.3) is 0 Å². The number of ether oxygens (including phenoxy) is 3. The Balaban J connectivity index is 1.76. The van der Waals surface area contributed by atoms with Gasteiger partial charge in [-0.05, 0) is 23.8 Å². The van der Waals surface area contributed by atoms with E-state index in [4.69, 9.17) is 25.8 Å². The molecule has 1 aliphatic rings. The number of hydrogen-bond donors (Lipinski definition) is 0. The van der Waals surface area contributed by atoms with Gasteiger partial charge in [0.15, 0.2) is 11.5 Å². The number of halogens is 1. The molecule has 7 nitrogen and oxygen atoms in total. The third kappa shape index (κ3) is 3.26. The van der Waals surface area contributed by atoms with Crippen LogP contribution in [0.3, 0.4) is 0 Å². The second kappa shape index (κ2) is 6.76. The number of hydrogen-bond acceptors (Lipinski definition) is 6. The van der Waals surface area contributed by atoms with Gasteiger partial charge in [-0.1, -0.05) is 23.7 Å². The molecule has 0 saturated carbocycles. The Morgan fingerprint density at radius 1 is 1.25 bits per heavy atom. The van der Waals surface area contributed by atoms with Crippen molar-refractivity contribution in [2.24, 2.45) is 0 Å². The number of benzene rings is 2. The van der Waals surface area contributed by atoms with Crippen molar-refractivity contribution in [1.29, 1.82) is 0 Å². The lowest BCUT2D eigenvalue weighted by atomic mass is 10.2. The molecule has 0 saturated heterocycles. The molecule has 3 rings (SSSR count). The first-order valence-electron chi connectivity index (χ1n) is 7.05. The zero-order chi connectivity index (χ0) is 17.1. The minimum atomic E-state index is -0.784. The molecule has 0 aliphatic carbocycles. The molecule has 0 radical (unpaired) electrons. The Bertz CT molecular complexity index is 807. The summed E-state index contributed by atoms with van der Waals surface area (Å²) in [6.07, 6.45) is 0. The molecule has 8 heteroatoms. The number of esters is 1. The van der Waals surface area contributed by atoms with Crippen LogP contribution in [0, 0.1) is 10.1 Å². The Hall–Kier alpha value is -2.80. The van der Waals surface area contributed by atoms with Crippen molar-refractivity contribution in [2.45, 2.75) is 6.61 Å². The number of carbonyl (C=O) groups is 1. The molecule has 0 bridgehead atoms. The van der Waals surface area contributed by atoms with E-state index in [0.717, 1.165) is 0 Å². The van der Waals surface area contributed by atoms with E-state index in [0.29, 0.717) is 35.3 Å². The molecule has 2 aromatic rings. The van der Waals surface area contributed by atoms with Crippen LogP contribution in [-0.4, -0.2) is 24.1 Å². The van der Waals surface area contributed by atoms with Crippen molar-refractivity contribution in [3.63, 3.8) is 0 Å². The Morgan fingerprint density at radius 3 is 2.79 bits per heavy atom. The molecule has 1 aliphatic heterocycles. The summed E-state index contributed by atoms with van der Waals surface area (Å²) in [5.41, 5.74) is 0.185. The highest BCUT2D eigenvalue weighted by Crippen LogP contribution is 2.38. The molecule has 0 spiro atoms. The minimum absolute atomic E-state index is 0.0960. The van der Waals surface area contributed by atoms with Gasteiger partial charge in [0.05, 0.1) is 9.95 Å². The molecule has 0 amide bonds. The summed E-state index contributed by atoms with van der Waals surface area (Å²) < 4.78 is 16.0. The quantitative estimate of drug-likeness (QED) is 0.477. The minimum Gasteiger partial charge on any atom is -0.486 e. The second-order valence-corrected chi connectivity index (χ2v) is 5.36. The summed E-state index contributed by atoms with van der Waals surface area (Å²) in [5.74, 6) is 0.149. The number of nitro benzene ring substituents is 1. The third-order valence-electron chi connectivity index (χ3n) is 3.35. The first-order valence-corrected chi connectivity index (χ1v) is 7.42. The topological polar surface area (TPSA) is 87.9 Å². The number of fused-ring (bicyclic) bond motifs is 1. The molecule has 1 heterocycles. The summed E-state index contributed by atoms with van der Waals surface area (Å²) in [5, 5.41) is 11.3. The number of rotatable bonds is 4. The van der Waals surface area contributed by atoms with E-state index in [-0.39, 0.29) is 17.9 Å². The van der Waals surface area contributed by atoms with Crippen LogP contribution >= 0.6 is 11.6 Å². The van der Waals surface area contributed by atoms with Crippen LogP contribution in [0.2, 0.25) is 5.02 Å². The van der Waals surface area contributed by atoms with Gasteiger partial charge in [0.1, 0.15) is 25.4 Å². The monoisotopic (exact) mass is 349 g/mol. The van der Waals surface area contributed by atoms with Crippen molar-refractivity contribution in [2.75, 3.05) is 13.2 Å². The average molecular weight is 350 g/mol. The summed E-state index contributed by atoms with van der Waals surface area (Å²) in [4.78, 5) is 22.4. The van der Waals surface area contributed by atoms with Gasteiger partial charge in [-0.15, -0.1) is 0 Å². The van der Waals surface area contributed by atoms with Crippen molar-refractivity contribution in [3.8, 4) is 11.5 Å². The van der Waals surface area contributed by atoms with E-state index >= 15 is 0 Å². The van der Waals surface area contributed by atoms with Gasteiger partial charge in [0.2, 0.25) is 0 Å². The fraction of sp³-hybridized carbons (Fsp3) is 0.188. The highest BCUT2D eigenvalue weighted by Gasteiger charge is 2.21. The van der Waals surface area contributed by atoms with E-state index in [1.807, 2.05) is 0 Å². The zero-order valence-corrected chi connectivity index (χ0v) is 13.1. The molecule has 0 fully saturated rings. The first kappa shape index (κ1) is 16.1. The lowest BCUT2D eigenvalue weighted by Crippen LogP contribution is -2.16. The Labute approximate surface area is 141 Å². The van der Waals surface area contributed by atoms with Gasteiger partial charge in [0, 0.05) is 6.07 Å². The third-order valence-corrected chi connectivity index (χ3v) is 3.63. The zero-order valence-electron chi connectivity index (χ0n) is 12.4. The highest BCUT2D eigenvalue weighted by atomic mass is 35.5. The first-order chi connectivity index (χ1) is 11.6. The largest absolute Gasteiger partial charge is 0.486 e. The molecule has 0 atom stereocenters. The van der Waals surface area contributed by atoms with E-state index in [2.05, 4.69) is 0 Å². The van der Waals surface area contributed by atoms with Crippen LogP contribution in [-0.2, 0) is 11.3 Å². The molecule has 0 aromatic heterocycles. The van der Waals surface area contributed by atoms with Crippen LogP contribution in [0.4, 0.5) is 5.69 Å². The molecular weight excluding hydrogens is 338 g/mol. The maximum absolute atomic E-state index is 12.1. The SMILES string of the molecule is O=C(OCc1cc(Cl)c2c(c1)OCCO2)c1ccccc1[N+](=O)[O-]. The van der Waals surface area contributed by atoms with Crippen LogP contribution in [0.15, 0.2) is 36.4 Å². The van der Waals surface area contributed by atoms with Crippen molar-refractivity contribution in [3.05, 3.63) is 62.7 Å². The Kier molecular flexibility index (Phi) is 4.52. The van der Waals surface area contributed by atoms with Crippen LogP contribution < -0.4 is 9.47 Å². The van der Waals surface area contributed by atoms with Crippen LogP contribution in [0.5, 0.6) is 11.5 Å². The molecule has 124 valence electrons. The maximum atomic E-state index is 12.1. The fourth-order valence-corrected chi connectivity index (χ4v) is 2.57. The van der Waals surface area contributed by atoms with Crippen molar-refractivity contribution >= 4 is 23.3 Å². The lowest BCUT2D eigenvalue weighted by Gasteiger charge is -2.20. The van der Waals surface area contributed by atoms with Gasteiger partial charge in [-0.3, -0.25) is 10.1 Å². The van der Waals surface area contributed by atoms with Crippen molar-refractivity contribution in [1.82, 2.24) is 0 Å². The predicted molar refractivity (Wildman–Crippen MR) is 84.7 cm³/mol. The summed E-state index contributed by atoms with van der Waals surface area (Å²) >= 11 is 6.11. The maximum Gasteiger partial charge on any atom is 0.345 e. The number of nitro groups is 1. The second-order valence-electron chi connectivity index (χ2n) is 4.95. The molecule has 0 unspecified atom stereocenters. The van der Waals surface area contributed by atoms with Gasteiger partial charge < -0.3 is 14.2 Å². The summed E-state index contributed by atoms with van der Waals surface area (Å²) in [6, 6.07) is 8.86. The summed E-state index contributed by atoms with van der Waals surface area (Å²) in [7, 11) is 0. The molecule has 2 aromatic carbocycles. The number of nitrogens with zero attached hydrogens (tertiary/aromatic N) is 1. The van der Waals surface area contributed by atoms with Gasteiger partial charge in [-0.2, -0.15) is 0 Å². The normalized spacial score (nSPS) is 12.5. The lowest BCUT2D eigenvalue weighted by molar-refractivity contribution is -0.385. The van der Waals surface area contributed by atoms with E-state index in [9.17, 15) is 14.9 Å².